The van der Waals surface area contributed by atoms with Crippen molar-refractivity contribution >= 4 is 0 Å². The summed E-state index contributed by atoms with van der Waals surface area (Å²) in [5, 5.41) is 18.9. The van der Waals surface area contributed by atoms with Gasteiger partial charge < -0.3 is 5.11 Å². The number of aromatic nitrogens is 5. The maximum atomic E-state index is 10.3. The van der Waals surface area contributed by atoms with Crippen LogP contribution in [0.4, 0.5) is 0 Å². The first-order chi connectivity index (χ1) is 10.6. The van der Waals surface area contributed by atoms with Crippen molar-refractivity contribution in [3.8, 4) is 0 Å². The molecule has 0 radical (unpaired) electrons. The fourth-order valence-corrected chi connectivity index (χ4v) is 3.23. The zero-order valence-electron chi connectivity index (χ0n) is 13.3. The fraction of sp³-hybridized carbons (Fsp3) is 0.667. The molecule has 0 unspecified atom stereocenters. The zero-order chi connectivity index (χ0) is 15.5. The Morgan fingerprint density at radius 2 is 2.23 bits per heavy atom. The highest BCUT2D eigenvalue weighted by Crippen LogP contribution is 2.19. The van der Waals surface area contributed by atoms with E-state index in [1.165, 1.54) is 6.42 Å². The Balaban J connectivity index is 1.57. The fourth-order valence-electron chi connectivity index (χ4n) is 3.23. The Morgan fingerprint density at radius 1 is 1.36 bits per heavy atom. The van der Waals surface area contributed by atoms with Crippen LogP contribution >= 0.6 is 0 Å². The molecular weight excluding hydrogens is 280 g/mol. The molecule has 0 spiro atoms. The molecule has 120 valence electrons. The van der Waals surface area contributed by atoms with Crippen LogP contribution in [0.2, 0.25) is 0 Å². The molecule has 0 aliphatic carbocycles. The molecule has 0 amide bonds. The lowest BCUT2D eigenvalue weighted by Crippen LogP contribution is -2.40. The van der Waals surface area contributed by atoms with E-state index in [9.17, 15) is 5.11 Å². The first-order valence-corrected chi connectivity index (χ1v) is 7.89. The Kier molecular flexibility index (Phi) is 4.54. The molecule has 7 heteroatoms. The molecule has 0 bridgehead atoms. The molecule has 2 aromatic heterocycles. The van der Waals surface area contributed by atoms with Gasteiger partial charge in [0.1, 0.15) is 11.6 Å². The van der Waals surface area contributed by atoms with E-state index >= 15 is 0 Å². The molecule has 1 saturated heterocycles. The van der Waals surface area contributed by atoms with Crippen LogP contribution in [0.25, 0.3) is 0 Å². The van der Waals surface area contributed by atoms with Crippen molar-refractivity contribution in [2.45, 2.75) is 51.9 Å². The molecule has 1 fully saturated rings. The molecule has 2 aromatic rings. The molecule has 3 heterocycles. The van der Waals surface area contributed by atoms with Gasteiger partial charge in [-0.1, -0.05) is 0 Å². The second-order valence-corrected chi connectivity index (χ2v) is 6.06. The highest BCUT2D eigenvalue weighted by atomic mass is 16.3. The Hall–Kier alpha value is -1.73. The Morgan fingerprint density at radius 3 is 2.91 bits per heavy atom. The average Bonchev–Trinajstić information content (AvgIpc) is 3.16. The lowest BCUT2D eigenvalue weighted by atomic mass is 10.2. The highest BCUT2D eigenvalue weighted by molar-refractivity contribution is 4.90. The SMILES string of the molecule is Cc1nc(C)n(C[C@@H]2CCCN2C[C@H](O)Cn2cccn2)n1. The van der Waals surface area contributed by atoms with Crippen LogP contribution in [-0.4, -0.2) is 59.8 Å². The number of nitrogens with zero attached hydrogens (tertiary/aromatic N) is 6. The van der Waals surface area contributed by atoms with E-state index < -0.39 is 6.10 Å². The predicted molar refractivity (Wildman–Crippen MR) is 82.3 cm³/mol. The molecule has 1 N–H and O–H groups in total. The maximum Gasteiger partial charge on any atom is 0.147 e. The quantitative estimate of drug-likeness (QED) is 0.847. The number of rotatable bonds is 6. The van der Waals surface area contributed by atoms with Crippen molar-refractivity contribution in [2.24, 2.45) is 0 Å². The molecule has 1 aliphatic rings. The monoisotopic (exact) mass is 304 g/mol. The number of aryl methyl sites for hydroxylation is 2. The van der Waals surface area contributed by atoms with E-state index in [1.807, 2.05) is 30.8 Å². The molecular formula is C15H24N6O. The predicted octanol–water partition coefficient (Wildman–Crippen LogP) is 0.617. The van der Waals surface area contributed by atoms with Gasteiger partial charge in [-0.05, 0) is 39.3 Å². The third-order valence-corrected chi connectivity index (χ3v) is 4.25. The van der Waals surface area contributed by atoms with Gasteiger partial charge in [-0.15, -0.1) is 0 Å². The largest absolute Gasteiger partial charge is 0.390 e. The van der Waals surface area contributed by atoms with Gasteiger partial charge in [-0.3, -0.25) is 9.58 Å². The van der Waals surface area contributed by atoms with E-state index in [2.05, 4.69) is 20.1 Å². The minimum Gasteiger partial charge on any atom is -0.390 e. The van der Waals surface area contributed by atoms with Gasteiger partial charge in [0, 0.05) is 25.0 Å². The summed E-state index contributed by atoms with van der Waals surface area (Å²) in [4.78, 5) is 6.73. The maximum absolute atomic E-state index is 10.3. The number of hydrogen-bond donors (Lipinski definition) is 1. The van der Waals surface area contributed by atoms with Gasteiger partial charge in [0.2, 0.25) is 0 Å². The average molecular weight is 304 g/mol. The number of aliphatic hydroxyl groups excluding tert-OH is 1. The summed E-state index contributed by atoms with van der Waals surface area (Å²) in [6.45, 7) is 7.01. The van der Waals surface area contributed by atoms with Crippen LogP contribution in [0.15, 0.2) is 18.5 Å². The first-order valence-electron chi connectivity index (χ1n) is 7.89. The van der Waals surface area contributed by atoms with Crippen molar-refractivity contribution in [1.82, 2.24) is 29.4 Å². The third kappa shape index (κ3) is 3.53. The smallest absolute Gasteiger partial charge is 0.147 e. The molecule has 3 rings (SSSR count). The number of aliphatic hydroxyl groups is 1. The van der Waals surface area contributed by atoms with E-state index in [-0.39, 0.29) is 0 Å². The third-order valence-electron chi connectivity index (χ3n) is 4.25. The summed E-state index contributed by atoms with van der Waals surface area (Å²) in [7, 11) is 0. The second-order valence-electron chi connectivity index (χ2n) is 6.06. The number of β-amino-alcohol motifs (C(OH)–C–C–N with tert-alkyl or cyclic N) is 1. The van der Waals surface area contributed by atoms with Crippen molar-refractivity contribution in [3.63, 3.8) is 0 Å². The van der Waals surface area contributed by atoms with Gasteiger partial charge in [-0.2, -0.15) is 10.2 Å². The van der Waals surface area contributed by atoms with Crippen LogP contribution in [0.1, 0.15) is 24.5 Å². The molecule has 22 heavy (non-hydrogen) atoms. The summed E-state index contributed by atoms with van der Waals surface area (Å²) in [5.74, 6) is 1.78. The van der Waals surface area contributed by atoms with Gasteiger partial charge in [0.15, 0.2) is 0 Å². The summed E-state index contributed by atoms with van der Waals surface area (Å²) in [5.41, 5.74) is 0. The minimum absolute atomic E-state index is 0.404. The lowest BCUT2D eigenvalue weighted by molar-refractivity contribution is 0.0845. The summed E-state index contributed by atoms with van der Waals surface area (Å²) < 4.78 is 3.76. The Bertz CT molecular complexity index is 593. The van der Waals surface area contributed by atoms with Gasteiger partial charge >= 0.3 is 0 Å². The van der Waals surface area contributed by atoms with Crippen molar-refractivity contribution in [3.05, 3.63) is 30.1 Å². The number of hydrogen-bond acceptors (Lipinski definition) is 5. The van der Waals surface area contributed by atoms with Gasteiger partial charge in [0.25, 0.3) is 0 Å². The van der Waals surface area contributed by atoms with Gasteiger partial charge in [-0.25, -0.2) is 9.67 Å². The van der Waals surface area contributed by atoms with Crippen LogP contribution in [0.3, 0.4) is 0 Å². The van der Waals surface area contributed by atoms with Crippen LogP contribution in [0, 0.1) is 13.8 Å². The molecule has 0 aromatic carbocycles. The van der Waals surface area contributed by atoms with E-state index in [0.29, 0.717) is 19.1 Å². The van der Waals surface area contributed by atoms with Crippen molar-refractivity contribution in [1.29, 1.82) is 0 Å². The van der Waals surface area contributed by atoms with E-state index in [1.54, 1.807) is 10.9 Å². The minimum atomic E-state index is -0.404. The summed E-state index contributed by atoms with van der Waals surface area (Å²) >= 11 is 0. The standard InChI is InChI=1S/C15H24N6O/c1-12-17-13(2)21(18-12)9-14-5-3-7-19(14)10-15(22)11-20-8-4-6-16-20/h4,6,8,14-15,22H,3,5,7,9-11H2,1-2H3/t14-,15-/m0/s1. The summed E-state index contributed by atoms with van der Waals surface area (Å²) in [6, 6.07) is 2.30. The highest BCUT2D eigenvalue weighted by Gasteiger charge is 2.27. The topological polar surface area (TPSA) is 72.0 Å². The van der Waals surface area contributed by atoms with E-state index in [4.69, 9.17) is 0 Å². The normalized spacial score (nSPS) is 20.6. The Labute approximate surface area is 130 Å². The summed E-state index contributed by atoms with van der Waals surface area (Å²) in [6.07, 6.45) is 5.53. The van der Waals surface area contributed by atoms with Crippen molar-refractivity contribution in [2.75, 3.05) is 13.1 Å². The van der Waals surface area contributed by atoms with E-state index in [0.717, 1.165) is 31.2 Å². The first kappa shape index (κ1) is 15.2. The van der Waals surface area contributed by atoms with Crippen LogP contribution in [0.5, 0.6) is 0 Å². The molecule has 7 nitrogen and oxygen atoms in total. The van der Waals surface area contributed by atoms with Gasteiger partial charge in [0.05, 0.1) is 19.2 Å². The molecule has 2 atom stereocenters. The molecule has 1 aliphatic heterocycles. The van der Waals surface area contributed by atoms with Crippen molar-refractivity contribution < 1.29 is 5.11 Å². The number of likely N-dealkylation sites (tertiary alicyclic amines) is 1. The van der Waals surface area contributed by atoms with Crippen LogP contribution < -0.4 is 0 Å². The van der Waals surface area contributed by atoms with Crippen LogP contribution in [-0.2, 0) is 13.1 Å². The zero-order valence-corrected chi connectivity index (χ0v) is 13.3. The lowest BCUT2D eigenvalue weighted by Gasteiger charge is -2.27. The second kappa shape index (κ2) is 6.58. The molecule has 0 saturated carbocycles.